The summed E-state index contributed by atoms with van der Waals surface area (Å²) >= 11 is 9.53. The molecule has 0 saturated carbocycles. The van der Waals surface area contributed by atoms with Crippen LogP contribution < -0.4 is 14.7 Å². The Kier molecular flexibility index (Phi) is 13.8. The molecule has 61 heavy (non-hydrogen) atoms. The van der Waals surface area contributed by atoms with Gasteiger partial charge in [0.25, 0.3) is 0 Å². The molecule has 6 aromatic carbocycles. The van der Waals surface area contributed by atoms with E-state index in [1.54, 1.807) is 0 Å². The first-order valence-electron chi connectivity index (χ1n) is 22.8. The first kappa shape index (κ1) is 42.5. The number of rotatable bonds is 17. The summed E-state index contributed by atoms with van der Waals surface area (Å²) in [6.45, 7) is 10.0. The van der Waals surface area contributed by atoms with Crippen LogP contribution in [0.25, 0.3) is 22.3 Å². The highest BCUT2D eigenvalue weighted by atomic mass is 79.9. The number of unbranched alkanes of at least 4 members (excludes halogenated alkanes) is 9. The van der Waals surface area contributed by atoms with Crippen LogP contribution in [0, 0.1) is 0 Å². The maximum Gasteiger partial charge on any atom is 0.0553 e. The Balaban J connectivity index is 1.02. The van der Waals surface area contributed by atoms with Crippen LogP contribution in [-0.4, -0.2) is 19.6 Å². The van der Waals surface area contributed by atoms with Crippen molar-refractivity contribution in [3.8, 4) is 22.3 Å². The van der Waals surface area contributed by atoms with E-state index in [-0.39, 0.29) is 0 Å². The molecule has 3 aliphatic heterocycles. The van der Waals surface area contributed by atoms with E-state index in [2.05, 4.69) is 167 Å². The second-order valence-electron chi connectivity index (χ2n) is 16.8. The van der Waals surface area contributed by atoms with E-state index in [0.29, 0.717) is 0 Å². The molecule has 0 fully saturated rings. The monoisotopic (exact) mass is 923 g/mol. The van der Waals surface area contributed by atoms with Crippen molar-refractivity contribution in [3.63, 3.8) is 0 Å². The zero-order valence-corrected chi connectivity index (χ0v) is 40.1. The number of anilines is 6. The highest BCUT2D eigenvalue weighted by molar-refractivity contribution is 9.10. The smallest absolute Gasteiger partial charge is 0.0553 e. The van der Waals surface area contributed by atoms with Crippen molar-refractivity contribution >= 4 is 85.3 Å². The van der Waals surface area contributed by atoms with E-state index < -0.39 is 0 Å². The molecule has 0 saturated heterocycles. The minimum atomic E-state index is 1.03. The lowest BCUT2D eigenvalue weighted by Gasteiger charge is -2.34. The predicted octanol–water partition coefficient (Wildman–Crippen LogP) is 18.3. The van der Waals surface area contributed by atoms with Gasteiger partial charge >= 0.3 is 0 Å². The quantitative estimate of drug-likeness (QED) is 0.0837. The maximum atomic E-state index is 3.76. The van der Waals surface area contributed by atoms with Gasteiger partial charge in [-0.1, -0.05) is 166 Å². The van der Waals surface area contributed by atoms with Gasteiger partial charge in [0.1, 0.15) is 0 Å². The van der Waals surface area contributed by atoms with Crippen LogP contribution in [0.5, 0.6) is 0 Å². The molecule has 0 bridgehead atoms. The Hall–Kier alpha value is -3.75. The lowest BCUT2D eigenvalue weighted by molar-refractivity contribution is 0.665. The first-order valence-corrected chi connectivity index (χ1v) is 26.1. The van der Waals surface area contributed by atoms with Crippen molar-refractivity contribution < 1.29 is 0 Å². The molecular formula is C54H58BrN3S3. The summed E-state index contributed by atoms with van der Waals surface area (Å²) in [5.74, 6) is 0. The largest absolute Gasteiger partial charge is 0.340 e. The second-order valence-corrected chi connectivity index (χ2v) is 20.9. The number of hydrogen-bond acceptors (Lipinski definition) is 6. The fourth-order valence-electron chi connectivity index (χ4n) is 9.11. The number of nitrogens with zero attached hydrogens (tertiary/aromatic N) is 3. The van der Waals surface area contributed by atoms with Gasteiger partial charge in [0, 0.05) is 53.5 Å². The topological polar surface area (TPSA) is 9.72 Å². The van der Waals surface area contributed by atoms with Crippen LogP contribution in [0.4, 0.5) is 34.1 Å². The summed E-state index contributed by atoms with van der Waals surface area (Å²) < 4.78 is 1.13. The van der Waals surface area contributed by atoms with Gasteiger partial charge in [-0.15, -0.1) is 0 Å². The molecule has 3 aliphatic rings. The van der Waals surface area contributed by atoms with Crippen molar-refractivity contribution in [2.75, 3.05) is 34.3 Å². The molecule has 3 heterocycles. The molecule has 6 aromatic rings. The Bertz CT molecular complexity index is 2500. The SMILES string of the molecule is CCCCCCN1c2ccccc2Sc2cc(-c3ccc4c(c3)Sc3cc(-c5ccc6c(c5)Sc5cc(Br)ccc5N6CCCCCC)ccc3N4CCCCCC)ccc21. The van der Waals surface area contributed by atoms with Crippen LogP contribution >= 0.6 is 51.2 Å². The molecule has 0 aliphatic carbocycles. The zero-order chi connectivity index (χ0) is 41.7. The fraction of sp³-hybridized carbons (Fsp3) is 0.333. The van der Waals surface area contributed by atoms with Gasteiger partial charge in [-0.3, -0.25) is 0 Å². The third-order valence-corrected chi connectivity index (χ3v) is 16.2. The number of halogens is 1. The Labute approximate surface area is 386 Å². The molecule has 0 atom stereocenters. The average Bonchev–Trinajstić information content (AvgIpc) is 3.28. The van der Waals surface area contributed by atoms with Crippen LogP contribution in [0.15, 0.2) is 149 Å². The lowest BCUT2D eigenvalue weighted by atomic mass is 10.0. The summed E-state index contributed by atoms with van der Waals surface area (Å²) in [5, 5.41) is 0. The molecule has 0 unspecified atom stereocenters. The van der Waals surface area contributed by atoms with E-state index in [9.17, 15) is 0 Å². The minimum Gasteiger partial charge on any atom is -0.340 e. The predicted molar refractivity (Wildman–Crippen MR) is 270 cm³/mol. The number of hydrogen-bond donors (Lipinski definition) is 0. The first-order chi connectivity index (χ1) is 30.0. The normalized spacial score (nSPS) is 13.6. The van der Waals surface area contributed by atoms with Gasteiger partial charge in [0.15, 0.2) is 0 Å². The van der Waals surface area contributed by atoms with Gasteiger partial charge in [-0.05, 0) is 120 Å². The molecule has 7 heteroatoms. The van der Waals surface area contributed by atoms with Crippen molar-refractivity contribution in [2.24, 2.45) is 0 Å². The van der Waals surface area contributed by atoms with E-state index in [1.165, 1.54) is 163 Å². The van der Waals surface area contributed by atoms with Gasteiger partial charge in [-0.2, -0.15) is 0 Å². The van der Waals surface area contributed by atoms with Crippen LogP contribution in [-0.2, 0) is 0 Å². The Morgan fingerprint density at radius 2 is 0.672 bits per heavy atom. The standard InChI is InChI=1S/C54H58BrN3S3/c1-4-7-10-15-30-56-43-18-13-14-19-49(43)59-50-33-38(20-25-44(50)56)39-21-26-45-51(34-39)60-52-35-40(22-27-46(52)57(45)31-16-11-8-5-2)41-23-28-47-53(36-41)61-54-37-42(55)24-29-48(54)58(47)32-17-12-9-6-3/h13-14,18-29,33-37H,4-12,15-17,30-32H2,1-3H3. The molecule has 0 spiro atoms. The van der Waals surface area contributed by atoms with Crippen LogP contribution in [0.3, 0.4) is 0 Å². The average molecular weight is 925 g/mol. The van der Waals surface area contributed by atoms with Crippen LogP contribution in [0.1, 0.15) is 97.8 Å². The summed E-state index contributed by atoms with van der Waals surface area (Å²) in [4.78, 5) is 15.8. The number of benzene rings is 6. The molecular weight excluding hydrogens is 867 g/mol. The van der Waals surface area contributed by atoms with Crippen molar-refractivity contribution in [3.05, 3.63) is 120 Å². The van der Waals surface area contributed by atoms with E-state index in [4.69, 9.17) is 0 Å². The zero-order valence-electron chi connectivity index (χ0n) is 36.0. The van der Waals surface area contributed by atoms with Crippen molar-refractivity contribution in [1.29, 1.82) is 0 Å². The van der Waals surface area contributed by atoms with Gasteiger partial charge < -0.3 is 14.7 Å². The van der Waals surface area contributed by atoms with Crippen molar-refractivity contribution in [1.82, 2.24) is 0 Å². The number of fused-ring (bicyclic) bond motifs is 6. The minimum absolute atomic E-state index is 1.03. The van der Waals surface area contributed by atoms with Gasteiger partial charge in [-0.25, -0.2) is 0 Å². The lowest BCUT2D eigenvalue weighted by Crippen LogP contribution is -2.22. The molecule has 3 nitrogen and oxygen atoms in total. The third kappa shape index (κ3) is 9.19. The molecule has 9 rings (SSSR count). The maximum absolute atomic E-state index is 3.76. The summed E-state index contributed by atoms with van der Waals surface area (Å²) in [6, 6.07) is 44.5. The molecule has 0 amide bonds. The van der Waals surface area contributed by atoms with E-state index in [0.717, 1.165) is 24.1 Å². The van der Waals surface area contributed by atoms with E-state index in [1.807, 2.05) is 35.3 Å². The second kappa shape index (κ2) is 19.7. The van der Waals surface area contributed by atoms with Gasteiger partial charge in [0.2, 0.25) is 0 Å². The molecule has 314 valence electrons. The van der Waals surface area contributed by atoms with Crippen molar-refractivity contribution in [2.45, 2.75) is 127 Å². The fourth-order valence-corrected chi connectivity index (χ4v) is 13.1. The highest BCUT2D eigenvalue weighted by Crippen LogP contribution is 2.54. The Morgan fingerprint density at radius 3 is 1.07 bits per heavy atom. The summed E-state index contributed by atoms with van der Waals surface area (Å²) in [5.41, 5.74) is 13.1. The molecule has 0 radical (unpaired) electrons. The summed E-state index contributed by atoms with van der Waals surface area (Å²) in [6.07, 6.45) is 15.0. The van der Waals surface area contributed by atoms with E-state index >= 15 is 0 Å². The summed E-state index contributed by atoms with van der Waals surface area (Å²) in [7, 11) is 0. The van der Waals surface area contributed by atoms with Crippen LogP contribution in [0.2, 0.25) is 0 Å². The molecule has 0 aromatic heterocycles. The van der Waals surface area contributed by atoms with Gasteiger partial charge in [0.05, 0.1) is 34.1 Å². The number of para-hydroxylation sites is 1. The third-order valence-electron chi connectivity index (χ3n) is 12.4. The Morgan fingerprint density at radius 1 is 0.344 bits per heavy atom. The highest BCUT2D eigenvalue weighted by Gasteiger charge is 2.28. The molecule has 0 N–H and O–H groups in total.